The van der Waals surface area contributed by atoms with Gasteiger partial charge in [0.2, 0.25) is 29.5 Å². The summed E-state index contributed by atoms with van der Waals surface area (Å²) in [6.45, 7) is 4.40. The lowest BCUT2D eigenvalue weighted by atomic mass is 9.98. The topological polar surface area (TPSA) is 292 Å². The Morgan fingerprint density at radius 1 is 0.787 bits per heavy atom. The largest absolute Gasteiger partial charge is 0.508 e. The number of hydrogen-bond donors (Lipinski definition) is 10. The summed E-state index contributed by atoms with van der Waals surface area (Å²) in [6.07, 6.45) is 0.595. The molecule has 0 fully saturated rings. The molecule has 6 atom stereocenters. The average Bonchev–Trinajstić information content (AvgIpc) is 3.01. The Bertz CT molecular complexity index is 1240. The number of carbonyl (C=O) groups excluding carboxylic acids is 5. The molecule has 1 rings (SSSR count). The second kappa shape index (κ2) is 20.4. The zero-order valence-electron chi connectivity index (χ0n) is 26.8. The molecule has 17 heteroatoms. The van der Waals surface area contributed by atoms with E-state index < -0.39 is 90.6 Å². The standard InChI is InChI=1S/C30H47N7O10/c1-4-16(2)25(30(46)47)37-29(45)21(13-18-8-10-19(38)11-9-18)34-23(39)15-33-27(43)22(14-24(40)41)36-28(44)20(7-5-6-12-31)35-26(42)17(3)32/h8-11,16-17,20-22,25,38H,4-7,12-15,31-32H2,1-3H3,(H,33,43)(H,34,39)(H,35,42)(H,36,44)(H,37,45)(H,40,41)(H,46,47)/t16-,17-,20-,21-,22-,25-/m0/s1. The quantitative estimate of drug-likeness (QED) is 0.0643. The highest BCUT2D eigenvalue weighted by Crippen LogP contribution is 2.13. The van der Waals surface area contributed by atoms with Crippen LogP contribution in [0.4, 0.5) is 0 Å². The van der Waals surface area contributed by atoms with Gasteiger partial charge in [0.05, 0.1) is 19.0 Å². The second-order valence-corrected chi connectivity index (χ2v) is 11.2. The number of nitrogens with two attached hydrogens (primary N) is 2. The van der Waals surface area contributed by atoms with E-state index in [2.05, 4.69) is 26.6 Å². The van der Waals surface area contributed by atoms with Crippen LogP contribution in [0.3, 0.4) is 0 Å². The third-order valence-corrected chi connectivity index (χ3v) is 7.23. The van der Waals surface area contributed by atoms with Crippen LogP contribution in [-0.2, 0) is 40.0 Å². The van der Waals surface area contributed by atoms with E-state index in [1.165, 1.54) is 31.2 Å². The number of benzene rings is 1. The number of phenolic OH excluding ortho intramolecular Hbond substituents is 1. The van der Waals surface area contributed by atoms with Crippen LogP contribution >= 0.6 is 0 Å². The van der Waals surface area contributed by atoms with Crippen LogP contribution < -0.4 is 38.1 Å². The highest BCUT2D eigenvalue weighted by Gasteiger charge is 2.31. The van der Waals surface area contributed by atoms with Gasteiger partial charge < -0.3 is 53.4 Å². The molecule has 0 radical (unpaired) electrons. The zero-order chi connectivity index (χ0) is 35.7. The van der Waals surface area contributed by atoms with Crippen molar-refractivity contribution in [2.75, 3.05) is 13.1 Å². The SMILES string of the molecule is CC[C@H](C)[C@H](NC(=O)[C@H](Cc1ccc(O)cc1)NC(=O)CNC(=O)[C@H](CC(=O)O)NC(=O)[C@H](CCCCN)NC(=O)[C@H](C)N)C(=O)O. The van der Waals surface area contributed by atoms with Gasteiger partial charge in [-0.25, -0.2) is 4.79 Å². The Balaban J connectivity index is 3.06. The first-order chi connectivity index (χ1) is 22.1. The summed E-state index contributed by atoms with van der Waals surface area (Å²) in [4.78, 5) is 87.4. The molecule has 0 spiro atoms. The summed E-state index contributed by atoms with van der Waals surface area (Å²) in [5, 5.41) is 40.4. The molecule has 1 aromatic carbocycles. The maximum absolute atomic E-state index is 13.2. The molecule has 5 amide bonds. The van der Waals surface area contributed by atoms with Crippen LogP contribution in [-0.4, -0.2) is 100 Å². The monoisotopic (exact) mass is 665 g/mol. The lowest BCUT2D eigenvalue weighted by Crippen LogP contribution is -2.57. The number of nitrogens with one attached hydrogen (secondary N) is 5. The van der Waals surface area contributed by atoms with Crippen molar-refractivity contribution >= 4 is 41.5 Å². The molecule has 262 valence electrons. The molecule has 0 aromatic heterocycles. The number of amides is 5. The summed E-state index contributed by atoms with van der Waals surface area (Å²) in [6, 6.07) is -0.521. The fourth-order valence-electron chi connectivity index (χ4n) is 4.27. The zero-order valence-corrected chi connectivity index (χ0v) is 26.8. The third-order valence-electron chi connectivity index (χ3n) is 7.23. The molecule has 0 aliphatic rings. The van der Waals surface area contributed by atoms with Gasteiger partial charge in [0.15, 0.2) is 0 Å². The van der Waals surface area contributed by atoms with E-state index in [1.807, 2.05) is 0 Å². The first kappa shape index (κ1) is 40.3. The Kier molecular flexibility index (Phi) is 17.4. The summed E-state index contributed by atoms with van der Waals surface area (Å²) >= 11 is 0. The average molecular weight is 666 g/mol. The summed E-state index contributed by atoms with van der Waals surface area (Å²) < 4.78 is 0. The predicted octanol–water partition coefficient (Wildman–Crippen LogP) is -1.93. The molecule has 17 nitrogen and oxygen atoms in total. The van der Waals surface area contributed by atoms with E-state index in [9.17, 15) is 48.9 Å². The molecule has 0 saturated carbocycles. The van der Waals surface area contributed by atoms with Crippen LogP contribution in [0.25, 0.3) is 0 Å². The van der Waals surface area contributed by atoms with E-state index in [-0.39, 0.29) is 18.6 Å². The van der Waals surface area contributed by atoms with Gasteiger partial charge in [0.1, 0.15) is 29.9 Å². The first-order valence-corrected chi connectivity index (χ1v) is 15.3. The number of carbonyl (C=O) groups is 7. The number of phenols is 1. The highest BCUT2D eigenvalue weighted by atomic mass is 16.4. The molecular weight excluding hydrogens is 618 g/mol. The van der Waals surface area contributed by atoms with Crippen molar-refractivity contribution in [3.8, 4) is 5.75 Å². The normalized spacial score (nSPS) is 14.7. The Morgan fingerprint density at radius 2 is 1.38 bits per heavy atom. The van der Waals surface area contributed by atoms with E-state index in [1.54, 1.807) is 13.8 Å². The maximum atomic E-state index is 13.2. The minimum Gasteiger partial charge on any atom is -0.508 e. The van der Waals surface area contributed by atoms with Crippen molar-refractivity contribution in [1.29, 1.82) is 0 Å². The fourth-order valence-corrected chi connectivity index (χ4v) is 4.27. The van der Waals surface area contributed by atoms with Crippen LogP contribution in [0.15, 0.2) is 24.3 Å². The smallest absolute Gasteiger partial charge is 0.326 e. The molecule has 0 aliphatic carbocycles. The number of unbranched alkanes of at least 4 members (excludes halogenated alkanes) is 1. The molecule has 0 heterocycles. The number of aromatic hydroxyl groups is 1. The van der Waals surface area contributed by atoms with Gasteiger partial charge in [-0.05, 0) is 56.3 Å². The third kappa shape index (κ3) is 14.9. The highest BCUT2D eigenvalue weighted by molar-refractivity contribution is 5.96. The van der Waals surface area contributed by atoms with Crippen molar-refractivity contribution < 1.29 is 48.9 Å². The molecule has 1 aromatic rings. The van der Waals surface area contributed by atoms with Crippen LogP contribution in [0.1, 0.15) is 58.4 Å². The molecule has 12 N–H and O–H groups in total. The van der Waals surface area contributed by atoms with Gasteiger partial charge in [-0.2, -0.15) is 0 Å². The number of carboxylic acids is 2. The van der Waals surface area contributed by atoms with E-state index in [0.717, 1.165) is 0 Å². The predicted molar refractivity (Wildman–Crippen MR) is 168 cm³/mol. The number of aliphatic carboxylic acids is 2. The van der Waals surface area contributed by atoms with Gasteiger partial charge in [-0.1, -0.05) is 32.4 Å². The van der Waals surface area contributed by atoms with Gasteiger partial charge in [0, 0.05) is 6.42 Å². The number of rotatable bonds is 21. The molecule has 0 saturated heterocycles. The summed E-state index contributed by atoms with van der Waals surface area (Å²) in [7, 11) is 0. The Hall–Kier alpha value is -4.77. The van der Waals surface area contributed by atoms with Crippen molar-refractivity contribution in [3.05, 3.63) is 29.8 Å². The maximum Gasteiger partial charge on any atom is 0.326 e. The minimum absolute atomic E-state index is 0.0367. The minimum atomic E-state index is -1.64. The molecule has 47 heavy (non-hydrogen) atoms. The lowest BCUT2D eigenvalue weighted by Gasteiger charge is -2.25. The van der Waals surface area contributed by atoms with Gasteiger partial charge in [-0.15, -0.1) is 0 Å². The molecule has 0 bridgehead atoms. The number of hydrogen-bond acceptors (Lipinski definition) is 10. The Morgan fingerprint density at radius 3 is 1.91 bits per heavy atom. The number of carboxylic acid groups (broad SMARTS) is 2. The summed E-state index contributed by atoms with van der Waals surface area (Å²) in [5.41, 5.74) is 11.6. The second-order valence-electron chi connectivity index (χ2n) is 11.2. The lowest BCUT2D eigenvalue weighted by molar-refractivity contribution is -0.143. The van der Waals surface area contributed by atoms with E-state index in [0.29, 0.717) is 31.4 Å². The first-order valence-electron chi connectivity index (χ1n) is 15.3. The van der Waals surface area contributed by atoms with Crippen molar-refractivity contribution in [2.24, 2.45) is 17.4 Å². The van der Waals surface area contributed by atoms with Gasteiger partial charge >= 0.3 is 11.9 Å². The van der Waals surface area contributed by atoms with E-state index >= 15 is 0 Å². The van der Waals surface area contributed by atoms with Crippen LogP contribution in [0.2, 0.25) is 0 Å². The molecule has 0 unspecified atom stereocenters. The van der Waals surface area contributed by atoms with Crippen molar-refractivity contribution in [2.45, 2.75) is 89.5 Å². The van der Waals surface area contributed by atoms with Gasteiger partial charge in [-0.3, -0.25) is 28.8 Å². The summed E-state index contributed by atoms with van der Waals surface area (Å²) in [5.74, 6) is -7.38. The van der Waals surface area contributed by atoms with Gasteiger partial charge in [0.25, 0.3) is 0 Å². The molecular formula is C30H47N7O10. The Labute approximate surface area is 272 Å². The molecule has 0 aliphatic heterocycles. The van der Waals surface area contributed by atoms with Crippen molar-refractivity contribution in [3.63, 3.8) is 0 Å². The van der Waals surface area contributed by atoms with Crippen LogP contribution in [0.5, 0.6) is 5.75 Å². The van der Waals surface area contributed by atoms with E-state index in [4.69, 9.17) is 11.5 Å². The fraction of sp³-hybridized carbons (Fsp3) is 0.567. The van der Waals surface area contributed by atoms with Crippen LogP contribution in [0, 0.1) is 5.92 Å². The van der Waals surface area contributed by atoms with Crippen molar-refractivity contribution in [1.82, 2.24) is 26.6 Å².